The second-order valence-electron chi connectivity index (χ2n) is 7.16. The van der Waals surface area contributed by atoms with E-state index in [1.54, 1.807) is 6.92 Å². The standard InChI is InChI=1S/C19H20FN5O2S/c1-11-4-3-7-24(10-11)19-23-25-17(27)14(9-21-18(25)28-19)16(26)22-15-6-5-13(20)8-12(15)2/h5-6,8-9,11H,3-4,7,10H2,1-2H3,(H,22,26)/t11-/m1/s1. The van der Waals surface area contributed by atoms with Crippen LogP contribution in [0, 0.1) is 18.7 Å². The molecule has 1 fully saturated rings. The Morgan fingerprint density at radius 3 is 2.96 bits per heavy atom. The van der Waals surface area contributed by atoms with E-state index in [1.165, 1.54) is 46.7 Å². The Balaban J connectivity index is 1.63. The zero-order chi connectivity index (χ0) is 19.8. The molecule has 9 heteroatoms. The zero-order valence-electron chi connectivity index (χ0n) is 15.6. The van der Waals surface area contributed by atoms with Gasteiger partial charge in [0.2, 0.25) is 10.1 Å². The lowest BCUT2D eigenvalue weighted by molar-refractivity contribution is 0.102. The number of aryl methyl sites for hydroxylation is 1. The molecule has 3 aromatic rings. The number of anilines is 2. The first-order chi connectivity index (χ1) is 13.4. The summed E-state index contributed by atoms with van der Waals surface area (Å²) in [5, 5.41) is 7.79. The maximum Gasteiger partial charge on any atom is 0.288 e. The van der Waals surface area contributed by atoms with Gasteiger partial charge in [0, 0.05) is 25.0 Å². The van der Waals surface area contributed by atoms with Crippen molar-refractivity contribution >= 4 is 33.0 Å². The lowest BCUT2D eigenvalue weighted by Gasteiger charge is -2.30. The predicted molar refractivity (Wildman–Crippen MR) is 107 cm³/mol. The number of rotatable bonds is 3. The van der Waals surface area contributed by atoms with Crippen LogP contribution in [0.1, 0.15) is 35.7 Å². The summed E-state index contributed by atoms with van der Waals surface area (Å²) in [7, 11) is 0. The van der Waals surface area contributed by atoms with Crippen LogP contribution >= 0.6 is 11.3 Å². The molecule has 1 amide bonds. The molecule has 1 saturated heterocycles. The van der Waals surface area contributed by atoms with E-state index in [1.807, 2.05) is 0 Å². The van der Waals surface area contributed by atoms with E-state index in [0.29, 0.717) is 22.1 Å². The Hall–Kier alpha value is -2.81. The molecule has 0 saturated carbocycles. The molecule has 146 valence electrons. The maximum atomic E-state index is 13.2. The largest absolute Gasteiger partial charge is 0.346 e. The molecule has 2 aromatic heterocycles. The molecule has 0 spiro atoms. The minimum Gasteiger partial charge on any atom is -0.346 e. The number of benzene rings is 1. The van der Waals surface area contributed by atoms with Gasteiger partial charge >= 0.3 is 0 Å². The van der Waals surface area contributed by atoms with Gasteiger partial charge in [0.05, 0.1) is 0 Å². The van der Waals surface area contributed by atoms with Crippen LogP contribution in [0.5, 0.6) is 0 Å². The molecule has 1 aromatic carbocycles. The molecule has 1 aliphatic rings. The Kier molecular flexibility index (Phi) is 4.84. The molecule has 4 rings (SSSR count). The van der Waals surface area contributed by atoms with Crippen LogP contribution in [-0.4, -0.2) is 33.6 Å². The molecule has 3 heterocycles. The van der Waals surface area contributed by atoms with E-state index >= 15 is 0 Å². The summed E-state index contributed by atoms with van der Waals surface area (Å²) < 4.78 is 14.4. The fourth-order valence-electron chi connectivity index (χ4n) is 3.38. The van der Waals surface area contributed by atoms with Crippen LogP contribution in [-0.2, 0) is 0 Å². The second-order valence-corrected chi connectivity index (χ2v) is 8.10. The van der Waals surface area contributed by atoms with Crippen LogP contribution in [0.4, 0.5) is 15.2 Å². The van der Waals surface area contributed by atoms with Crippen molar-refractivity contribution in [3.8, 4) is 0 Å². The number of carbonyl (C=O) groups is 1. The van der Waals surface area contributed by atoms with Crippen LogP contribution in [0.15, 0.2) is 29.2 Å². The highest BCUT2D eigenvalue weighted by Gasteiger charge is 2.22. The number of nitrogens with one attached hydrogen (secondary N) is 1. The number of hydrogen-bond donors (Lipinski definition) is 1. The number of nitrogens with zero attached hydrogens (tertiary/aromatic N) is 4. The number of amides is 1. The van der Waals surface area contributed by atoms with Crippen molar-refractivity contribution in [2.75, 3.05) is 23.3 Å². The highest BCUT2D eigenvalue weighted by Crippen LogP contribution is 2.26. The third kappa shape index (κ3) is 3.49. The van der Waals surface area contributed by atoms with Crippen molar-refractivity contribution in [3.63, 3.8) is 0 Å². The SMILES string of the molecule is Cc1cc(F)ccc1NC(=O)c1cnc2sc(N3CCC[C@@H](C)C3)nn2c1=O. The Morgan fingerprint density at radius 2 is 2.21 bits per heavy atom. The molecule has 7 nitrogen and oxygen atoms in total. The zero-order valence-corrected chi connectivity index (χ0v) is 16.4. The van der Waals surface area contributed by atoms with Gasteiger partial charge in [-0.05, 0) is 49.4 Å². The third-order valence-electron chi connectivity index (χ3n) is 4.88. The van der Waals surface area contributed by atoms with Crippen molar-refractivity contribution in [3.05, 3.63) is 51.7 Å². The fraction of sp³-hybridized carbons (Fsp3) is 0.368. The van der Waals surface area contributed by atoms with E-state index < -0.39 is 11.5 Å². The average molecular weight is 401 g/mol. The van der Waals surface area contributed by atoms with Crippen molar-refractivity contribution in [1.82, 2.24) is 14.6 Å². The van der Waals surface area contributed by atoms with Gasteiger partial charge in [0.15, 0.2) is 0 Å². The van der Waals surface area contributed by atoms with E-state index in [9.17, 15) is 14.0 Å². The van der Waals surface area contributed by atoms with Crippen LogP contribution in [0.25, 0.3) is 4.96 Å². The fourth-order valence-corrected chi connectivity index (χ4v) is 4.28. The molecule has 1 aliphatic heterocycles. The molecule has 0 radical (unpaired) electrons. The smallest absolute Gasteiger partial charge is 0.288 e. The molecule has 28 heavy (non-hydrogen) atoms. The number of halogens is 1. The van der Waals surface area contributed by atoms with E-state index in [4.69, 9.17) is 0 Å². The van der Waals surface area contributed by atoms with Gasteiger partial charge in [0.1, 0.15) is 11.4 Å². The number of piperidine rings is 1. The first-order valence-corrected chi connectivity index (χ1v) is 9.95. The quantitative estimate of drug-likeness (QED) is 0.730. The molecule has 1 N–H and O–H groups in total. The van der Waals surface area contributed by atoms with E-state index in [2.05, 4.69) is 27.2 Å². The first-order valence-electron chi connectivity index (χ1n) is 9.13. The van der Waals surface area contributed by atoms with Gasteiger partial charge in [-0.25, -0.2) is 9.37 Å². The van der Waals surface area contributed by atoms with E-state index in [0.717, 1.165) is 24.6 Å². The van der Waals surface area contributed by atoms with Crippen molar-refractivity contribution in [2.45, 2.75) is 26.7 Å². The van der Waals surface area contributed by atoms with Gasteiger partial charge in [-0.1, -0.05) is 18.3 Å². The average Bonchev–Trinajstić information content (AvgIpc) is 3.09. The van der Waals surface area contributed by atoms with Gasteiger partial charge < -0.3 is 10.2 Å². The lowest BCUT2D eigenvalue weighted by Crippen LogP contribution is -2.34. The summed E-state index contributed by atoms with van der Waals surface area (Å²) in [6, 6.07) is 4.03. The number of fused-ring (bicyclic) bond motifs is 1. The minimum absolute atomic E-state index is 0.106. The summed E-state index contributed by atoms with van der Waals surface area (Å²) in [6.45, 7) is 5.67. The molecule has 0 bridgehead atoms. The van der Waals surface area contributed by atoms with Gasteiger partial charge in [-0.2, -0.15) is 4.52 Å². The topological polar surface area (TPSA) is 79.6 Å². The van der Waals surface area contributed by atoms with Gasteiger partial charge in [-0.3, -0.25) is 9.59 Å². The van der Waals surface area contributed by atoms with Gasteiger partial charge in [0.25, 0.3) is 11.5 Å². The van der Waals surface area contributed by atoms with Gasteiger partial charge in [-0.15, -0.1) is 5.10 Å². The molecule has 1 atom stereocenters. The third-order valence-corrected chi connectivity index (χ3v) is 5.87. The second kappa shape index (κ2) is 7.31. The normalized spacial score (nSPS) is 17.1. The number of aromatic nitrogens is 3. The maximum absolute atomic E-state index is 13.2. The lowest BCUT2D eigenvalue weighted by atomic mass is 10.0. The monoisotopic (exact) mass is 401 g/mol. The van der Waals surface area contributed by atoms with Crippen molar-refractivity contribution < 1.29 is 9.18 Å². The van der Waals surface area contributed by atoms with Crippen molar-refractivity contribution in [1.29, 1.82) is 0 Å². The highest BCUT2D eigenvalue weighted by molar-refractivity contribution is 7.20. The van der Waals surface area contributed by atoms with Crippen molar-refractivity contribution in [2.24, 2.45) is 5.92 Å². The number of carbonyl (C=O) groups excluding carboxylic acids is 1. The van der Waals surface area contributed by atoms with E-state index in [-0.39, 0.29) is 11.4 Å². The Labute approximate surface area is 164 Å². The van der Waals surface area contributed by atoms with Crippen LogP contribution < -0.4 is 15.8 Å². The summed E-state index contributed by atoms with van der Waals surface area (Å²) in [5.74, 6) is -0.408. The Morgan fingerprint density at radius 1 is 1.39 bits per heavy atom. The summed E-state index contributed by atoms with van der Waals surface area (Å²) in [6.07, 6.45) is 3.55. The Bertz CT molecular complexity index is 1110. The molecular weight excluding hydrogens is 381 g/mol. The molecule has 0 aliphatic carbocycles. The highest BCUT2D eigenvalue weighted by atomic mass is 32.1. The summed E-state index contributed by atoms with van der Waals surface area (Å²) in [4.78, 5) is 32.2. The minimum atomic E-state index is -0.595. The molecule has 0 unspecified atom stereocenters. The predicted octanol–water partition coefficient (Wildman–Crippen LogP) is 3.09. The number of hydrogen-bond acceptors (Lipinski definition) is 6. The summed E-state index contributed by atoms with van der Waals surface area (Å²) in [5.41, 5.74) is 0.384. The first kappa shape index (κ1) is 18.5. The summed E-state index contributed by atoms with van der Waals surface area (Å²) >= 11 is 1.34. The van der Waals surface area contributed by atoms with Crippen LogP contribution in [0.2, 0.25) is 0 Å². The molecular formula is C19H20FN5O2S. The van der Waals surface area contributed by atoms with Crippen LogP contribution in [0.3, 0.4) is 0 Å².